The topological polar surface area (TPSA) is 88.6 Å². The molecule has 1 N–H and O–H groups in total. The first-order valence-corrected chi connectivity index (χ1v) is 13.0. The number of fused-ring (bicyclic) bond motifs is 1. The highest BCUT2D eigenvalue weighted by Crippen LogP contribution is 2.34. The normalized spacial score (nSPS) is 11.5. The Balaban J connectivity index is 1.61. The third kappa shape index (κ3) is 5.60. The van der Waals surface area contributed by atoms with Crippen LogP contribution >= 0.6 is 0 Å². The van der Waals surface area contributed by atoms with Gasteiger partial charge in [-0.3, -0.25) is 4.79 Å². The minimum absolute atomic E-state index is 0.0213. The van der Waals surface area contributed by atoms with E-state index in [9.17, 15) is 22.0 Å². The summed E-state index contributed by atoms with van der Waals surface area (Å²) < 4.78 is 61.8. The standard InChI is InChI=1S/C27H25F2N3O4S/c1-3-32(27(33)19-9-12-23(28)24(29)16-19)15-14-31-37(34,35)26-21-7-5-4-6-18(21)8-11-22(26)20-10-13-25(36-2)30-17-20/h4-13,16-17,31H,3,14-15H2,1-2H3. The van der Waals surface area contributed by atoms with Gasteiger partial charge in [-0.25, -0.2) is 26.9 Å². The molecule has 0 bridgehead atoms. The third-order valence-electron chi connectivity index (χ3n) is 5.91. The number of nitrogens with zero attached hydrogens (tertiary/aromatic N) is 2. The number of ether oxygens (including phenoxy) is 1. The molecule has 1 heterocycles. The molecular weight excluding hydrogens is 500 g/mol. The summed E-state index contributed by atoms with van der Waals surface area (Å²) in [7, 11) is -2.55. The number of halogens is 2. The van der Waals surface area contributed by atoms with Crippen molar-refractivity contribution in [3.05, 3.63) is 90.1 Å². The van der Waals surface area contributed by atoms with Crippen molar-refractivity contribution in [1.82, 2.24) is 14.6 Å². The molecule has 3 aromatic carbocycles. The van der Waals surface area contributed by atoms with Crippen molar-refractivity contribution in [2.75, 3.05) is 26.7 Å². The largest absolute Gasteiger partial charge is 0.481 e. The van der Waals surface area contributed by atoms with Gasteiger partial charge in [-0.05, 0) is 36.6 Å². The molecule has 4 rings (SSSR count). The smallest absolute Gasteiger partial charge is 0.253 e. The summed E-state index contributed by atoms with van der Waals surface area (Å²) in [5, 5.41) is 1.28. The highest BCUT2D eigenvalue weighted by molar-refractivity contribution is 7.89. The molecule has 0 saturated carbocycles. The number of rotatable bonds is 9. The van der Waals surface area contributed by atoms with Gasteiger partial charge < -0.3 is 9.64 Å². The van der Waals surface area contributed by atoms with Gasteiger partial charge in [0, 0.05) is 54.0 Å². The first-order chi connectivity index (χ1) is 17.7. The van der Waals surface area contributed by atoms with E-state index in [1.54, 1.807) is 43.5 Å². The van der Waals surface area contributed by atoms with Crippen LogP contribution in [-0.4, -0.2) is 51.0 Å². The summed E-state index contributed by atoms with van der Waals surface area (Å²) in [5.41, 5.74) is 1.04. The number of sulfonamides is 1. The molecule has 0 aliphatic carbocycles. The zero-order valence-corrected chi connectivity index (χ0v) is 21.1. The van der Waals surface area contributed by atoms with Crippen LogP contribution in [0, 0.1) is 11.6 Å². The van der Waals surface area contributed by atoms with Crippen LogP contribution < -0.4 is 9.46 Å². The Kier molecular flexibility index (Phi) is 7.80. The van der Waals surface area contributed by atoms with Crippen molar-refractivity contribution in [3.63, 3.8) is 0 Å². The molecule has 1 amide bonds. The van der Waals surface area contributed by atoms with Gasteiger partial charge in [0.05, 0.1) is 12.0 Å². The second-order valence-corrected chi connectivity index (χ2v) is 9.87. The molecule has 0 fully saturated rings. The number of carbonyl (C=O) groups excluding carboxylic acids is 1. The molecule has 0 radical (unpaired) electrons. The number of likely N-dealkylation sites (N-methyl/N-ethyl adjacent to an activating group) is 1. The fourth-order valence-electron chi connectivity index (χ4n) is 4.02. The fourth-order valence-corrected chi connectivity index (χ4v) is 5.48. The predicted octanol–water partition coefficient (Wildman–Crippen LogP) is 4.63. The summed E-state index contributed by atoms with van der Waals surface area (Å²) in [6.07, 6.45) is 1.54. The van der Waals surface area contributed by atoms with Crippen molar-refractivity contribution in [3.8, 4) is 17.0 Å². The Hall–Kier alpha value is -3.89. The molecule has 1 aromatic heterocycles. The molecule has 192 valence electrons. The molecule has 10 heteroatoms. The zero-order chi connectivity index (χ0) is 26.6. The molecule has 4 aromatic rings. The number of methoxy groups -OCH3 is 1. The van der Waals surface area contributed by atoms with Crippen molar-refractivity contribution >= 4 is 26.7 Å². The van der Waals surface area contributed by atoms with Gasteiger partial charge in [-0.15, -0.1) is 0 Å². The Morgan fingerprint density at radius 3 is 2.49 bits per heavy atom. The molecule has 0 saturated heterocycles. The molecule has 7 nitrogen and oxygen atoms in total. The van der Waals surface area contributed by atoms with E-state index in [2.05, 4.69) is 9.71 Å². The number of aromatic nitrogens is 1. The van der Waals surface area contributed by atoms with Gasteiger partial charge in [0.1, 0.15) is 0 Å². The van der Waals surface area contributed by atoms with Crippen LogP contribution in [0.25, 0.3) is 21.9 Å². The fraction of sp³-hybridized carbons (Fsp3) is 0.185. The quantitative estimate of drug-likeness (QED) is 0.344. The van der Waals surface area contributed by atoms with Crippen molar-refractivity contribution < 1.29 is 26.7 Å². The van der Waals surface area contributed by atoms with Gasteiger partial charge in [0.15, 0.2) is 11.6 Å². The minimum atomic E-state index is -4.04. The third-order valence-corrected chi connectivity index (χ3v) is 7.48. The Morgan fingerprint density at radius 1 is 1.03 bits per heavy atom. The summed E-state index contributed by atoms with van der Waals surface area (Å²) >= 11 is 0. The molecule has 0 aliphatic rings. The number of amides is 1. The van der Waals surface area contributed by atoms with E-state index in [1.165, 1.54) is 18.1 Å². The van der Waals surface area contributed by atoms with Crippen LogP contribution in [0.5, 0.6) is 5.88 Å². The lowest BCUT2D eigenvalue weighted by atomic mass is 10.0. The van der Waals surface area contributed by atoms with Crippen LogP contribution in [0.1, 0.15) is 17.3 Å². The Labute approximate surface area is 213 Å². The van der Waals surface area contributed by atoms with Crippen LogP contribution in [0.3, 0.4) is 0 Å². The van der Waals surface area contributed by atoms with E-state index in [1.807, 2.05) is 18.2 Å². The second-order valence-electron chi connectivity index (χ2n) is 8.16. The SMILES string of the molecule is CCN(CCNS(=O)(=O)c1c(-c2ccc(OC)nc2)ccc2ccccc12)C(=O)c1ccc(F)c(F)c1. The predicted molar refractivity (Wildman–Crippen MR) is 137 cm³/mol. The molecule has 0 spiro atoms. The van der Waals surface area contributed by atoms with Gasteiger partial charge in [0.25, 0.3) is 5.91 Å². The van der Waals surface area contributed by atoms with E-state index in [4.69, 9.17) is 4.74 Å². The highest BCUT2D eigenvalue weighted by atomic mass is 32.2. The van der Waals surface area contributed by atoms with E-state index in [-0.39, 0.29) is 30.1 Å². The minimum Gasteiger partial charge on any atom is -0.481 e. The Bertz CT molecular complexity index is 1540. The number of hydrogen-bond donors (Lipinski definition) is 1. The van der Waals surface area contributed by atoms with Gasteiger partial charge in [-0.2, -0.15) is 0 Å². The van der Waals surface area contributed by atoms with Crippen LogP contribution in [0.15, 0.2) is 77.8 Å². The molecular formula is C27H25F2N3O4S. The monoisotopic (exact) mass is 525 g/mol. The lowest BCUT2D eigenvalue weighted by Crippen LogP contribution is -2.38. The van der Waals surface area contributed by atoms with Gasteiger partial charge >= 0.3 is 0 Å². The van der Waals surface area contributed by atoms with E-state index in [0.717, 1.165) is 17.5 Å². The Morgan fingerprint density at radius 2 is 1.81 bits per heavy atom. The van der Waals surface area contributed by atoms with Crippen molar-refractivity contribution in [2.24, 2.45) is 0 Å². The van der Waals surface area contributed by atoms with E-state index in [0.29, 0.717) is 22.4 Å². The highest BCUT2D eigenvalue weighted by Gasteiger charge is 2.24. The first-order valence-electron chi connectivity index (χ1n) is 11.5. The van der Waals surface area contributed by atoms with E-state index < -0.39 is 27.6 Å². The molecule has 0 unspecified atom stereocenters. The maximum absolute atomic E-state index is 13.6. The maximum Gasteiger partial charge on any atom is 0.253 e. The molecule has 0 aliphatic heterocycles. The van der Waals surface area contributed by atoms with E-state index >= 15 is 0 Å². The number of hydrogen-bond acceptors (Lipinski definition) is 5. The molecule has 0 atom stereocenters. The lowest BCUT2D eigenvalue weighted by Gasteiger charge is -2.22. The number of benzene rings is 3. The zero-order valence-electron chi connectivity index (χ0n) is 20.2. The number of carbonyl (C=O) groups is 1. The van der Waals surface area contributed by atoms with Crippen molar-refractivity contribution in [1.29, 1.82) is 0 Å². The van der Waals surface area contributed by atoms with Gasteiger partial charge in [0.2, 0.25) is 15.9 Å². The van der Waals surface area contributed by atoms with Gasteiger partial charge in [-0.1, -0.05) is 36.4 Å². The van der Waals surface area contributed by atoms with Crippen LogP contribution in [-0.2, 0) is 10.0 Å². The number of nitrogens with one attached hydrogen (secondary N) is 1. The average Bonchev–Trinajstić information content (AvgIpc) is 2.91. The van der Waals surface area contributed by atoms with Crippen LogP contribution in [0.4, 0.5) is 8.78 Å². The first kappa shape index (κ1) is 26.2. The summed E-state index contributed by atoms with van der Waals surface area (Å²) in [4.78, 5) is 18.4. The molecule has 37 heavy (non-hydrogen) atoms. The average molecular weight is 526 g/mol. The number of pyridine rings is 1. The summed E-state index contributed by atoms with van der Waals surface area (Å²) in [6.45, 7) is 1.90. The summed E-state index contributed by atoms with van der Waals surface area (Å²) in [5.74, 6) is -2.31. The van der Waals surface area contributed by atoms with Crippen LogP contribution in [0.2, 0.25) is 0 Å². The lowest BCUT2D eigenvalue weighted by molar-refractivity contribution is 0.0767. The second kappa shape index (κ2) is 11.0. The summed E-state index contributed by atoms with van der Waals surface area (Å²) in [6, 6.07) is 17.0. The maximum atomic E-state index is 13.6. The van der Waals surface area contributed by atoms with Crippen molar-refractivity contribution in [2.45, 2.75) is 11.8 Å².